The van der Waals surface area contributed by atoms with Gasteiger partial charge in [-0.1, -0.05) is 48.5 Å². The van der Waals surface area contributed by atoms with Crippen LogP contribution in [0.15, 0.2) is 77.2 Å². The van der Waals surface area contributed by atoms with Gasteiger partial charge < -0.3 is 4.42 Å². The van der Waals surface area contributed by atoms with Crippen LogP contribution in [0.4, 0.5) is 13.2 Å². The van der Waals surface area contributed by atoms with E-state index in [1.807, 2.05) is 18.2 Å². The van der Waals surface area contributed by atoms with Crippen LogP contribution >= 0.6 is 0 Å². The molecule has 6 nitrogen and oxygen atoms in total. The van der Waals surface area contributed by atoms with Gasteiger partial charge in [0.05, 0.1) is 5.69 Å². The largest absolute Gasteiger partial charge is 0.433 e. The number of halogens is 3. The predicted molar refractivity (Wildman–Crippen MR) is 102 cm³/mol. The zero-order valence-electron chi connectivity index (χ0n) is 15.2. The first-order valence-electron chi connectivity index (χ1n) is 8.92. The van der Waals surface area contributed by atoms with Crippen molar-refractivity contribution < 1.29 is 17.6 Å². The lowest BCUT2D eigenvalue weighted by atomic mass is 10.1. The zero-order chi connectivity index (χ0) is 20.7. The fraction of sp³-hybridized carbons (Fsp3) is 0.0476. The van der Waals surface area contributed by atoms with Gasteiger partial charge in [0.25, 0.3) is 5.89 Å². The van der Waals surface area contributed by atoms with E-state index in [1.165, 1.54) is 6.07 Å². The van der Waals surface area contributed by atoms with Crippen molar-refractivity contribution in [1.82, 2.24) is 24.8 Å². The molecule has 0 fully saturated rings. The minimum Gasteiger partial charge on any atom is -0.415 e. The number of alkyl halides is 3. The molecule has 0 unspecified atom stereocenters. The van der Waals surface area contributed by atoms with Crippen molar-refractivity contribution in [2.45, 2.75) is 6.18 Å². The second-order valence-electron chi connectivity index (χ2n) is 6.47. The molecule has 0 radical (unpaired) electrons. The van der Waals surface area contributed by atoms with Crippen molar-refractivity contribution in [3.05, 3.63) is 78.5 Å². The van der Waals surface area contributed by atoms with E-state index >= 15 is 0 Å². The Balaban J connectivity index is 1.64. The van der Waals surface area contributed by atoms with Gasteiger partial charge in [0.1, 0.15) is 0 Å². The Morgan fingerprint density at radius 2 is 1.37 bits per heavy atom. The fourth-order valence-corrected chi connectivity index (χ4v) is 3.06. The van der Waals surface area contributed by atoms with Gasteiger partial charge in [0.15, 0.2) is 17.0 Å². The summed E-state index contributed by atoms with van der Waals surface area (Å²) in [5.41, 5.74) is 0.640. The molecular formula is C21H12F3N5O. The Morgan fingerprint density at radius 1 is 0.733 bits per heavy atom. The molecule has 2 aromatic carbocycles. The summed E-state index contributed by atoms with van der Waals surface area (Å²) in [4.78, 5) is 4.34. The van der Waals surface area contributed by atoms with E-state index in [0.717, 1.165) is 10.6 Å². The Hall–Kier alpha value is -4.01. The molecule has 0 saturated carbocycles. The minimum absolute atomic E-state index is 0.00809. The van der Waals surface area contributed by atoms with E-state index in [4.69, 9.17) is 4.42 Å². The lowest BCUT2D eigenvalue weighted by Gasteiger charge is -2.10. The van der Waals surface area contributed by atoms with Crippen LogP contribution in [0.3, 0.4) is 0 Å². The number of aromatic nitrogens is 5. The Bertz CT molecular complexity index is 1330. The topological polar surface area (TPSA) is 69.1 Å². The number of nitrogens with zero attached hydrogens (tertiary/aromatic N) is 5. The second kappa shape index (κ2) is 6.80. The summed E-state index contributed by atoms with van der Waals surface area (Å²) in [6.07, 6.45) is -4.63. The van der Waals surface area contributed by atoms with Crippen LogP contribution in [0, 0.1) is 0 Å². The first-order chi connectivity index (χ1) is 14.5. The van der Waals surface area contributed by atoms with Crippen LogP contribution in [-0.4, -0.2) is 24.8 Å². The maximum atomic E-state index is 13.7. The molecule has 0 aliphatic rings. The number of hydrogen-bond acceptors (Lipinski definition) is 5. The molecule has 0 aliphatic heterocycles. The molecule has 5 rings (SSSR count). The van der Waals surface area contributed by atoms with Crippen molar-refractivity contribution in [3.63, 3.8) is 0 Å². The van der Waals surface area contributed by atoms with Crippen LogP contribution < -0.4 is 0 Å². The van der Waals surface area contributed by atoms with E-state index in [2.05, 4.69) is 20.3 Å². The molecule has 3 heterocycles. The van der Waals surface area contributed by atoms with Crippen molar-refractivity contribution in [2.75, 3.05) is 0 Å². The van der Waals surface area contributed by atoms with E-state index in [1.54, 1.807) is 42.5 Å². The molecule has 0 saturated heterocycles. The zero-order valence-corrected chi connectivity index (χ0v) is 15.2. The standard InChI is InChI=1S/C21H12F3N5O/c22-21(23,24)17-11-15(13-7-3-1-4-8-13)25-18-12-16(28-29(17)18)20-27-26-19(30-20)14-9-5-2-6-10-14/h1-12H. The molecule has 3 aromatic heterocycles. The SMILES string of the molecule is FC(F)(F)c1cc(-c2ccccc2)nc2cc(-c3nnc(-c4ccccc4)o3)nn12. The summed E-state index contributed by atoms with van der Waals surface area (Å²) in [5, 5.41) is 11.9. The number of fused-ring (bicyclic) bond motifs is 1. The van der Waals surface area contributed by atoms with Crippen molar-refractivity contribution in [1.29, 1.82) is 0 Å². The van der Waals surface area contributed by atoms with Crippen LogP contribution in [0.25, 0.3) is 39.9 Å². The third kappa shape index (κ3) is 3.20. The van der Waals surface area contributed by atoms with Gasteiger partial charge in [-0.15, -0.1) is 10.2 Å². The van der Waals surface area contributed by atoms with Crippen molar-refractivity contribution >= 4 is 5.65 Å². The highest BCUT2D eigenvalue weighted by Crippen LogP contribution is 2.33. The number of rotatable bonds is 3. The molecule has 0 atom stereocenters. The summed E-state index contributed by atoms with van der Waals surface area (Å²) in [6.45, 7) is 0. The van der Waals surface area contributed by atoms with Crippen LogP contribution in [0.1, 0.15) is 5.69 Å². The van der Waals surface area contributed by atoms with Gasteiger partial charge in [-0.2, -0.15) is 18.3 Å². The molecule has 5 aromatic rings. The molecular weight excluding hydrogens is 395 g/mol. The highest BCUT2D eigenvalue weighted by molar-refractivity contribution is 5.65. The Morgan fingerprint density at radius 3 is 2.03 bits per heavy atom. The summed E-state index contributed by atoms with van der Waals surface area (Å²) < 4.78 is 47.5. The summed E-state index contributed by atoms with van der Waals surface area (Å²) in [7, 11) is 0. The number of benzene rings is 2. The van der Waals surface area contributed by atoms with E-state index in [9.17, 15) is 13.2 Å². The van der Waals surface area contributed by atoms with E-state index in [-0.39, 0.29) is 28.8 Å². The van der Waals surface area contributed by atoms with E-state index < -0.39 is 11.9 Å². The van der Waals surface area contributed by atoms with Crippen LogP contribution in [-0.2, 0) is 6.18 Å². The van der Waals surface area contributed by atoms with Gasteiger partial charge in [-0.05, 0) is 18.2 Å². The molecule has 0 aliphatic carbocycles. The fourth-order valence-electron chi connectivity index (χ4n) is 3.06. The smallest absolute Gasteiger partial charge is 0.415 e. The van der Waals surface area contributed by atoms with Gasteiger partial charge in [-0.25, -0.2) is 9.50 Å². The number of hydrogen-bond donors (Lipinski definition) is 0. The third-order valence-electron chi connectivity index (χ3n) is 4.45. The molecule has 148 valence electrons. The molecule has 0 spiro atoms. The monoisotopic (exact) mass is 407 g/mol. The van der Waals surface area contributed by atoms with Crippen LogP contribution in [0.5, 0.6) is 0 Å². The molecule has 9 heteroatoms. The highest BCUT2D eigenvalue weighted by Gasteiger charge is 2.35. The quantitative estimate of drug-likeness (QED) is 0.415. The Labute approximate surface area is 167 Å². The molecule has 30 heavy (non-hydrogen) atoms. The summed E-state index contributed by atoms with van der Waals surface area (Å²) in [5.74, 6) is 0.255. The van der Waals surface area contributed by atoms with E-state index in [0.29, 0.717) is 11.1 Å². The lowest BCUT2D eigenvalue weighted by Crippen LogP contribution is -2.13. The summed E-state index contributed by atoms with van der Waals surface area (Å²) >= 11 is 0. The molecule has 0 N–H and O–H groups in total. The third-order valence-corrected chi connectivity index (χ3v) is 4.45. The van der Waals surface area contributed by atoms with Crippen LogP contribution in [0.2, 0.25) is 0 Å². The van der Waals surface area contributed by atoms with Gasteiger partial charge >= 0.3 is 6.18 Å². The van der Waals surface area contributed by atoms with Gasteiger partial charge in [-0.3, -0.25) is 0 Å². The lowest BCUT2D eigenvalue weighted by molar-refractivity contribution is -0.142. The van der Waals surface area contributed by atoms with Crippen molar-refractivity contribution in [2.24, 2.45) is 0 Å². The van der Waals surface area contributed by atoms with Gasteiger partial charge in [0, 0.05) is 17.2 Å². The molecule has 0 amide bonds. The predicted octanol–water partition coefficient (Wildman–Crippen LogP) is 5.13. The maximum Gasteiger partial charge on any atom is 0.433 e. The maximum absolute atomic E-state index is 13.7. The normalized spacial score (nSPS) is 11.8. The van der Waals surface area contributed by atoms with Crippen molar-refractivity contribution in [3.8, 4) is 34.3 Å². The summed E-state index contributed by atoms with van der Waals surface area (Å²) in [6, 6.07) is 20.1. The van der Waals surface area contributed by atoms with Gasteiger partial charge in [0.2, 0.25) is 5.89 Å². The first kappa shape index (κ1) is 18.0. The average Bonchev–Trinajstić information content (AvgIpc) is 3.40. The minimum atomic E-state index is -4.63. The first-order valence-corrected chi connectivity index (χ1v) is 8.92. The average molecular weight is 407 g/mol. The Kier molecular flexibility index (Phi) is 4.09. The molecule has 0 bridgehead atoms. The highest BCUT2D eigenvalue weighted by atomic mass is 19.4. The second-order valence-corrected chi connectivity index (χ2v) is 6.47.